The van der Waals surface area contributed by atoms with E-state index in [0.29, 0.717) is 24.5 Å². The van der Waals surface area contributed by atoms with E-state index in [2.05, 4.69) is 5.32 Å². The summed E-state index contributed by atoms with van der Waals surface area (Å²) in [5.74, 6) is 2.10. The van der Waals surface area contributed by atoms with Gasteiger partial charge in [0.15, 0.2) is 11.5 Å². The molecule has 4 rings (SSSR count). The fourth-order valence-corrected chi connectivity index (χ4v) is 3.41. The zero-order valence-electron chi connectivity index (χ0n) is 14.6. The van der Waals surface area contributed by atoms with Gasteiger partial charge in [0.25, 0.3) is 5.91 Å². The van der Waals surface area contributed by atoms with E-state index < -0.39 is 0 Å². The summed E-state index contributed by atoms with van der Waals surface area (Å²) in [6, 6.07) is 17.1. The summed E-state index contributed by atoms with van der Waals surface area (Å²) in [5.41, 5.74) is 1.68. The predicted molar refractivity (Wildman–Crippen MR) is 104 cm³/mol. The van der Waals surface area contributed by atoms with Crippen LogP contribution in [0.4, 0.5) is 0 Å². The third-order valence-corrected chi connectivity index (χ3v) is 5.04. The van der Waals surface area contributed by atoms with E-state index in [1.54, 1.807) is 23.5 Å². The number of thiophene rings is 1. The third kappa shape index (κ3) is 4.41. The number of carbonyl (C=O) groups is 1. The Hall–Kier alpha value is -2.99. The largest absolute Gasteiger partial charge is 0.488 e. The van der Waals surface area contributed by atoms with E-state index in [0.717, 1.165) is 28.4 Å². The SMILES string of the molecule is O=C(NCCc1ccc2c(c1)OCO2)c1cccc(OCc2cccs2)c1. The summed E-state index contributed by atoms with van der Waals surface area (Å²) >= 11 is 1.65. The summed E-state index contributed by atoms with van der Waals surface area (Å²) in [7, 11) is 0. The highest BCUT2D eigenvalue weighted by molar-refractivity contribution is 7.09. The molecular formula is C21H19NO4S. The lowest BCUT2D eigenvalue weighted by Crippen LogP contribution is -2.25. The van der Waals surface area contributed by atoms with Gasteiger partial charge in [-0.1, -0.05) is 18.2 Å². The predicted octanol–water partition coefficient (Wildman–Crippen LogP) is 4.03. The highest BCUT2D eigenvalue weighted by Crippen LogP contribution is 2.32. The Bertz CT molecular complexity index is 924. The molecule has 6 heteroatoms. The zero-order valence-corrected chi connectivity index (χ0v) is 15.5. The Labute approximate surface area is 161 Å². The number of hydrogen-bond acceptors (Lipinski definition) is 5. The molecule has 2 heterocycles. The van der Waals surface area contributed by atoms with Gasteiger partial charge in [-0.15, -0.1) is 11.3 Å². The lowest BCUT2D eigenvalue weighted by atomic mass is 10.1. The Morgan fingerprint density at radius 2 is 2.00 bits per heavy atom. The fourth-order valence-electron chi connectivity index (χ4n) is 2.80. The highest BCUT2D eigenvalue weighted by atomic mass is 32.1. The van der Waals surface area contributed by atoms with Crippen molar-refractivity contribution in [3.8, 4) is 17.2 Å². The Kier molecular flexibility index (Phi) is 5.25. The Morgan fingerprint density at radius 3 is 2.89 bits per heavy atom. The molecule has 0 saturated carbocycles. The second-order valence-electron chi connectivity index (χ2n) is 6.09. The molecule has 5 nitrogen and oxygen atoms in total. The first-order valence-corrected chi connectivity index (χ1v) is 9.58. The van der Waals surface area contributed by atoms with Crippen LogP contribution in [0.1, 0.15) is 20.8 Å². The fraction of sp³-hybridized carbons (Fsp3) is 0.190. The number of hydrogen-bond donors (Lipinski definition) is 1. The molecule has 1 N–H and O–H groups in total. The molecule has 2 aromatic carbocycles. The maximum absolute atomic E-state index is 12.4. The average molecular weight is 381 g/mol. The van der Waals surface area contributed by atoms with Gasteiger partial charge < -0.3 is 19.5 Å². The minimum Gasteiger partial charge on any atom is -0.488 e. The number of amides is 1. The molecule has 0 spiro atoms. The molecule has 1 aromatic heterocycles. The standard InChI is InChI=1S/C21H19NO4S/c23-21(22-9-8-15-6-7-19-20(11-15)26-14-25-19)16-3-1-4-17(12-16)24-13-18-5-2-10-27-18/h1-7,10-12H,8-9,13-14H2,(H,22,23). The maximum Gasteiger partial charge on any atom is 0.251 e. The number of nitrogens with one attached hydrogen (secondary N) is 1. The van der Waals surface area contributed by atoms with Gasteiger partial charge >= 0.3 is 0 Å². The first-order valence-electron chi connectivity index (χ1n) is 8.70. The van der Waals surface area contributed by atoms with Crippen molar-refractivity contribution in [2.45, 2.75) is 13.0 Å². The van der Waals surface area contributed by atoms with Crippen LogP contribution in [0, 0.1) is 0 Å². The van der Waals surface area contributed by atoms with Crippen molar-refractivity contribution >= 4 is 17.2 Å². The van der Waals surface area contributed by atoms with Gasteiger partial charge in [-0.25, -0.2) is 0 Å². The first-order chi connectivity index (χ1) is 13.3. The Balaban J connectivity index is 1.29. The van der Waals surface area contributed by atoms with Crippen LogP contribution in [0.25, 0.3) is 0 Å². The molecule has 1 aliphatic rings. The minimum atomic E-state index is -0.114. The van der Waals surface area contributed by atoms with Crippen LogP contribution in [-0.2, 0) is 13.0 Å². The summed E-state index contributed by atoms with van der Waals surface area (Å²) in [6.45, 7) is 1.31. The van der Waals surface area contributed by atoms with Crippen LogP contribution in [0.2, 0.25) is 0 Å². The van der Waals surface area contributed by atoms with Crippen molar-refractivity contribution in [2.24, 2.45) is 0 Å². The molecule has 0 unspecified atom stereocenters. The molecule has 1 amide bonds. The van der Waals surface area contributed by atoms with Crippen LogP contribution >= 0.6 is 11.3 Å². The topological polar surface area (TPSA) is 56.8 Å². The van der Waals surface area contributed by atoms with E-state index in [9.17, 15) is 4.79 Å². The van der Waals surface area contributed by atoms with Crippen LogP contribution < -0.4 is 19.5 Å². The number of rotatable bonds is 7. The van der Waals surface area contributed by atoms with E-state index in [4.69, 9.17) is 14.2 Å². The van der Waals surface area contributed by atoms with Gasteiger partial charge in [0, 0.05) is 17.0 Å². The second kappa shape index (κ2) is 8.14. The van der Waals surface area contributed by atoms with E-state index in [1.807, 2.05) is 47.8 Å². The van der Waals surface area contributed by atoms with Crippen molar-refractivity contribution in [3.05, 3.63) is 76.0 Å². The van der Waals surface area contributed by atoms with Gasteiger partial charge in [-0.2, -0.15) is 0 Å². The maximum atomic E-state index is 12.4. The monoisotopic (exact) mass is 381 g/mol. The molecule has 1 aliphatic heterocycles. The molecule has 0 bridgehead atoms. The summed E-state index contributed by atoms with van der Waals surface area (Å²) in [4.78, 5) is 13.5. The number of benzene rings is 2. The van der Waals surface area contributed by atoms with Crippen LogP contribution in [0.15, 0.2) is 60.0 Å². The third-order valence-electron chi connectivity index (χ3n) is 4.19. The molecule has 0 aliphatic carbocycles. The van der Waals surface area contributed by atoms with Crippen molar-refractivity contribution in [1.29, 1.82) is 0 Å². The highest BCUT2D eigenvalue weighted by Gasteiger charge is 2.13. The van der Waals surface area contributed by atoms with Gasteiger partial charge in [-0.05, 0) is 53.8 Å². The molecule has 3 aromatic rings. The van der Waals surface area contributed by atoms with Crippen molar-refractivity contribution < 1.29 is 19.0 Å². The van der Waals surface area contributed by atoms with Gasteiger partial charge in [0.05, 0.1) is 0 Å². The van der Waals surface area contributed by atoms with E-state index in [-0.39, 0.29) is 12.7 Å². The van der Waals surface area contributed by atoms with Crippen LogP contribution in [-0.4, -0.2) is 19.2 Å². The average Bonchev–Trinajstić information content (AvgIpc) is 3.38. The summed E-state index contributed by atoms with van der Waals surface area (Å²) in [6.07, 6.45) is 0.719. The van der Waals surface area contributed by atoms with Gasteiger partial charge in [-0.3, -0.25) is 4.79 Å². The summed E-state index contributed by atoms with van der Waals surface area (Å²) < 4.78 is 16.4. The zero-order chi connectivity index (χ0) is 18.5. The summed E-state index contributed by atoms with van der Waals surface area (Å²) in [5, 5.41) is 4.96. The van der Waals surface area contributed by atoms with Gasteiger partial charge in [0.2, 0.25) is 6.79 Å². The molecule has 27 heavy (non-hydrogen) atoms. The number of fused-ring (bicyclic) bond motifs is 1. The smallest absolute Gasteiger partial charge is 0.251 e. The van der Waals surface area contributed by atoms with Crippen molar-refractivity contribution in [1.82, 2.24) is 5.32 Å². The van der Waals surface area contributed by atoms with Crippen molar-refractivity contribution in [3.63, 3.8) is 0 Å². The normalized spacial score (nSPS) is 12.0. The van der Waals surface area contributed by atoms with Crippen molar-refractivity contribution in [2.75, 3.05) is 13.3 Å². The lowest BCUT2D eigenvalue weighted by Gasteiger charge is -2.09. The van der Waals surface area contributed by atoms with Crippen LogP contribution in [0.3, 0.4) is 0 Å². The number of ether oxygens (including phenoxy) is 3. The van der Waals surface area contributed by atoms with Gasteiger partial charge in [0.1, 0.15) is 12.4 Å². The molecule has 138 valence electrons. The van der Waals surface area contributed by atoms with E-state index in [1.165, 1.54) is 0 Å². The lowest BCUT2D eigenvalue weighted by molar-refractivity contribution is 0.0953. The molecule has 0 saturated heterocycles. The quantitative estimate of drug-likeness (QED) is 0.671. The minimum absolute atomic E-state index is 0.114. The molecule has 0 atom stereocenters. The molecule has 0 fully saturated rings. The Morgan fingerprint density at radius 1 is 1.07 bits per heavy atom. The molecule has 0 radical (unpaired) electrons. The first kappa shape index (κ1) is 17.4. The van der Waals surface area contributed by atoms with E-state index >= 15 is 0 Å². The molecular weight excluding hydrogens is 362 g/mol. The number of carbonyl (C=O) groups excluding carboxylic acids is 1. The van der Waals surface area contributed by atoms with Crippen LogP contribution in [0.5, 0.6) is 17.2 Å². The second-order valence-corrected chi connectivity index (χ2v) is 7.12.